The lowest BCUT2D eigenvalue weighted by Crippen LogP contribution is -2.56. The molecule has 0 aliphatic heterocycles. The predicted molar refractivity (Wildman–Crippen MR) is 71.5 cm³/mol. The third kappa shape index (κ3) is 2.51. The molecule has 1 aromatic carbocycles. The minimum absolute atomic E-state index is 0.0334. The highest BCUT2D eigenvalue weighted by molar-refractivity contribution is 5.40. The second kappa shape index (κ2) is 5.28. The predicted octanol–water partition coefficient (Wildman–Crippen LogP) is 4.21. The van der Waals surface area contributed by atoms with Crippen LogP contribution < -0.4 is 10.5 Å². The highest BCUT2D eigenvalue weighted by Gasteiger charge is 2.52. The van der Waals surface area contributed by atoms with Gasteiger partial charge in [0.15, 0.2) is 0 Å². The molecule has 1 aromatic rings. The second-order valence-electron chi connectivity index (χ2n) is 5.42. The van der Waals surface area contributed by atoms with Gasteiger partial charge in [0.25, 0.3) is 0 Å². The number of ether oxygens (including phenoxy) is 1. The molecule has 0 amide bonds. The van der Waals surface area contributed by atoms with Gasteiger partial charge < -0.3 is 10.5 Å². The Morgan fingerprint density at radius 2 is 1.85 bits per heavy atom. The lowest BCUT2D eigenvalue weighted by molar-refractivity contribution is -0.275. The Bertz CT molecular complexity index is 468. The van der Waals surface area contributed by atoms with Crippen LogP contribution in [0.3, 0.4) is 0 Å². The minimum Gasteiger partial charge on any atom is -0.405 e. The van der Waals surface area contributed by atoms with Crippen molar-refractivity contribution < 1.29 is 17.9 Å². The van der Waals surface area contributed by atoms with Gasteiger partial charge in [-0.3, -0.25) is 0 Å². The van der Waals surface area contributed by atoms with Crippen molar-refractivity contribution in [3.05, 3.63) is 29.8 Å². The van der Waals surface area contributed by atoms with Crippen molar-refractivity contribution in [2.75, 3.05) is 0 Å². The smallest absolute Gasteiger partial charge is 0.405 e. The van der Waals surface area contributed by atoms with Crippen molar-refractivity contribution in [1.29, 1.82) is 0 Å². The fourth-order valence-corrected chi connectivity index (χ4v) is 3.51. The first-order valence-corrected chi connectivity index (χ1v) is 6.94. The van der Waals surface area contributed by atoms with Gasteiger partial charge in [-0.2, -0.15) is 0 Å². The fraction of sp³-hybridized carbons (Fsp3) is 0.600. The summed E-state index contributed by atoms with van der Waals surface area (Å²) in [5, 5.41) is 0. The summed E-state index contributed by atoms with van der Waals surface area (Å²) >= 11 is 0. The van der Waals surface area contributed by atoms with E-state index < -0.39 is 6.36 Å². The molecule has 0 aromatic heterocycles. The van der Waals surface area contributed by atoms with Crippen molar-refractivity contribution in [2.24, 2.45) is 11.1 Å². The Morgan fingerprint density at radius 3 is 2.35 bits per heavy atom. The summed E-state index contributed by atoms with van der Waals surface area (Å²) in [6.45, 7) is 4.09. The summed E-state index contributed by atoms with van der Waals surface area (Å²) in [6, 6.07) is 6.45. The zero-order chi connectivity index (χ0) is 15.0. The molecular weight excluding hydrogens is 267 g/mol. The third-order valence-electron chi connectivity index (χ3n) is 4.76. The van der Waals surface area contributed by atoms with Crippen LogP contribution in [-0.2, 0) is 0 Å². The second-order valence-corrected chi connectivity index (χ2v) is 5.42. The van der Waals surface area contributed by atoms with Crippen molar-refractivity contribution in [2.45, 2.75) is 51.4 Å². The van der Waals surface area contributed by atoms with E-state index >= 15 is 0 Å². The lowest BCUT2D eigenvalue weighted by atomic mass is 9.52. The number of para-hydroxylation sites is 1. The van der Waals surface area contributed by atoms with E-state index in [2.05, 4.69) is 4.74 Å². The molecule has 1 aliphatic carbocycles. The van der Waals surface area contributed by atoms with Crippen LogP contribution in [-0.4, -0.2) is 12.4 Å². The Kier molecular flexibility index (Phi) is 4.00. The number of rotatable bonds is 4. The zero-order valence-corrected chi connectivity index (χ0v) is 11.7. The monoisotopic (exact) mass is 287 g/mol. The molecule has 1 aliphatic rings. The van der Waals surface area contributed by atoms with Crippen LogP contribution >= 0.6 is 0 Å². The Hall–Kier alpha value is -1.23. The maximum absolute atomic E-state index is 12.5. The van der Waals surface area contributed by atoms with Gasteiger partial charge in [0.2, 0.25) is 0 Å². The average molecular weight is 287 g/mol. The Labute approximate surface area is 117 Å². The first-order chi connectivity index (χ1) is 9.34. The molecule has 2 unspecified atom stereocenters. The topological polar surface area (TPSA) is 35.2 Å². The first-order valence-electron chi connectivity index (χ1n) is 6.94. The van der Waals surface area contributed by atoms with Gasteiger partial charge in [-0.15, -0.1) is 13.2 Å². The Morgan fingerprint density at radius 1 is 1.25 bits per heavy atom. The van der Waals surface area contributed by atoms with E-state index in [1.807, 2.05) is 13.8 Å². The molecule has 5 heteroatoms. The zero-order valence-electron chi connectivity index (χ0n) is 11.7. The maximum Gasteiger partial charge on any atom is 0.573 e. The number of alkyl halides is 3. The number of benzene rings is 1. The molecule has 0 heterocycles. The van der Waals surface area contributed by atoms with Crippen LogP contribution in [0.5, 0.6) is 5.75 Å². The highest BCUT2D eigenvalue weighted by atomic mass is 19.4. The van der Waals surface area contributed by atoms with E-state index in [-0.39, 0.29) is 23.1 Å². The normalized spacial score (nSPS) is 25.1. The lowest BCUT2D eigenvalue weighted by Gasteiger charge is -2.55. The van der Waals surface area contributed by atoms with Crippen LogP contribution in [0.25, 0.3) is 0 Å². The summed E-state index contributed by atoms with van der Waals surface area (Å²) in [4.78, 5) is 0. The van der Waals surface area contributed by atoms with Gasteiger partial charge in [0.05, 0.1) is 0 Å². The van der Waals surface area contributed by atoms with Crippen LogP contribution in [0.1, 0.15) is 44.6 Å². The maximum atomic E-state index is 12.5. The summed E-state index contributed by atoms with van der Waals surface area (Å²) < 4.78 is 41.6. The highest BCUT2D eigenvalue weighted by Crippen LogP contribution is 2.58. The SMILES string of the molecule is CCC1(CC)C(N)CC1c1ccccc1OC(F)(F)F. The molecule has 20 heavy (non-hydrogen) atoms. The summed E-state index contributed by atoms with van der Waals surface area (Å²) in [6.07, 6.45) is -2.24. The van der Waals surface area contributed by atoms with Crippen molar-refractivity contribution in [3.63, 3.8) is 0 Å². The third-order valence-corrected chi connectivity index (χ3v) is 4.76. The first kappa shape index (κ1) is 15.2. The largest absolute Gasteiger partial charge is 0.573 e. The van der Waals surface area contributed by atoms with Gasteiger partial charge in [-0.05, 0) is 42.2 Å². The molecular formula is C15H20F3NO. The number of hydrogen-bond acceptors (Lipinski definition) is 2. The quantitative estimate of drug-likeness (QED) is 0.900. The molecule has 2 rings (SSSR count). The van der Waals surface area contributed by atoms with Gasteiger partial charge >= 0.3 is 6.36 Å². The van der Waals surface area contributed by atoms with Gasteiger partial charge in [0.1, 0.15) is 5.75 Å². The molecule has 0 bridgehead atoms. The van der Waals surface area contributed by atoms with E-state index in [9.17, 15) is 13.2 Å². The van der Waals surface area contributed by atoms with Crippen LogP contribution in [0.2, 0.25) is 0 Å². The van der Waals surface area contributed by atoms with Crippen molar-refractivity contribution >= 4 is 0 Å². The van der Waals surface area contributed by atoms with E-state index in [0.717, 1.165) is 12.8 Å². The van der Waals surface area contributed by atoms with Crippen molar-refractivity contribution in [3.8, 4) is 5.75 Å². The van der Waals surface area contributed by atoms with Gasteiger partial charge in [-0.1, -0.05) is 32.0 Å². The average Bonchev–Trinajstić information content (AvgIpc) is 2.37. The molecule has 2 atom stereocenters. The van der Waals surface area contributed by atoms with Crippen LogP contribution in [0, 0.1) is 5.41 Å². The number of hydrogen-bond donors (Lipinski definition) is 1. The fourth-order valence-electron chi connectivity index (χ4n) is 3.51. The summed E-state index contributed by atoms with van der Waals surface area (Å²) in [5.41, 5.74) is 6.62. The standard InChI is InChI=1S/C15H20F3NO/c1-3-14(4-2)11(9-13(14)19)10-7-5-6-8-12(10)20-15(16,17)18/h5-8,11,13H,3-4,9,19H2,1-2H3. The molecule has 2 N–H and O–H groups in total. The minimum atomic E-state index is -4.66. The van der Waals surface area contributed by atoms with Gasteiger partial charge in [0, 0.05) is 6.04 Å². The summed E-state index contributed by atoms with van der Waals surface area (Å²) in [7, 11) is 0. The molecule has 0 radical (unpaired) electrons. The van der Waals surface area contributed by atoms with E-state index in [1.54, 1.807) is 18.2 Å². The number of nitrogens with two attached hydrogens (primary N) is 1. The molecule has 112 valence electrons. The van der Waals surface area contributed by atoms with E-state index in [0.29, 0.717) is 12.0 Å². The van der Waals surface area contributed by atoms with Crippen LogP contribution in [0.4, 0.5) is 13.2 Å². The molecule has 0 spiro atoms. The molecule has 1 saturated carbocycles. The number of halogens is 3. The molecule has 1 fully saturated rings. The van der Waals surface area contributed by atoms with Gasteiger partial charge in [-0.25, -0.2) is 0 Å². The molecule has 2 nitrogen and oxygen atoms in total. The summed E-state index contributed by atoms with van der Waals surface area (Å²) in [5.74, 6) is -0.0609. The van der Waals surface area contributed by atoms with Crippen LogP contribution in [0.15, 0.2) is 24.3 Å². The Balaban J connectivity index is 2.34. The van der Waals surface area contributed by atoms with Crippen molar-refractivity contribution in [1.82, 2.24) is 0 Å². The van der Waals surface area contributed by atoms with E-state index in [4.69, 9.17) is 5.73 Å². The molecule has 0 saturated heterocycles. The van der Waals surface area contributed by atoms with E-state index in [1.165, 1.54) is 6.07 Å².